The second-order valence-electron chi connectivity index (χ2n) is 7.66. The van der Waals surface area contributed by atoms with Crippen molar-refractivity contribution in [3.05, 3.63) is 68.5 Å². The van der Waals surface area contributed by atoms with E-state index in [2.05, 4.69) is 89.2 Å². The summed E-state index contributed by atoms with van der Waals surface area (Å²) in [4.78, 5) is 12.5. The van der Waals surface area contributed by atoms with E-state index in [9.17, 15) is 4.79 Å². The summed E-state index contributed by atoms with van der Waals surface area (Å²) >= 11 is 5.52. The topological polar surface area (TPSA) is 59.8 Å². The van der Waals surface area contributed by atoms with Gasteiger partial charge in [-0.05, 0) is 64.8 Å². The highest BCUT2D eigenvalue weighted by atomic mass is 127. The van der Waals surface area contributed by atoms with Crippen LogP contribution in [0.3, 0.4) is 0 Å². The fourth-order valence-corrected chi connectivity index (χ4v) is 5.19. The van der Waals surface area contributed by atoms with Gasteiger partial charge in [-0.2, -0.15) is 0 Å². The Hall–Kier alpha value is -1.52. The Morgan fingerprint density at radius 3 is 2.58 bits per heavy atom. The third kappa shape index (κ3) is 6.98. The molecule has 0 saturated heterocycles. The Labute approximate surface area is 206 Å². The van der Waals surface area contributed by atoms with Crippen LogP contribution >= 0.6 is 46.1 Å². The predicted octanol–water partition coefficient (Wildman–Crippen LogP) is 6.02. The van der Waals surface area contributed by atoms with Gasteiger partial charge in [-0.25, -0.2) is 0 Å². The highest BCUT2D eigenvalue weighted by Gasteiger charge is 2.14. The van der Waals surface area contributed by atoms with Crippen molar-refractivity contribution in [3.63, 3.8) is 0 Å². The first-order chi connectivity index (χ1) is 14.8. The molecular weight excluding hydrogens is 539 g/mol. The number of nitrogens with one attached hydrogen (secondary N) is 1. The SMILES string of the molecule is Cc1ccc(CSCc2nnc(SCC(=O)Nc3ccc(I)cc3C(C)C)n2C)cc1. The van der Waals surface area contributed by atoms with Crippen molar-refractivity contribution < 1.29 is 4.79 Å². The molecule has 3 rings (SSSR count). The van der Waals surface area contributed by atoms with Gasteiger partial charge in [-0.15, -0.1) is 22.0 Å². The van der Waals surface area contributed by atoms with Gasteiger partial charge in [0.25, 0.3) is 0 Å². The Balaban J connectivity index is 1.51. The Kier molecular flexibility index (Phi) is 8.85. The first kappa shape index (κ1) is 24.1. The van der Waals surface area contributed by atoms with Crippen LogP contribution in [0, 0.1) is 10.5 Å². The third-order valence-corrected chi connectivity index (χ3v) is 7.48. The summed E-state index contributed by atoms with van der Waals surface area (Å²) in [5, 5.41) is 12.4. The van der Waals surface area contributed by atoms with E-state index in [0.717, 1.165) is 33.7 Å². The number of nitrogens with zero attached hydrogens (tertiary/aromatic N) is 3. The second-order valence-corrected chi connectivity index (χ2v) is 10.8. The Morgan fingerprint density at radius 2 is 1.87 bits per heavy atom. The molecule has 1 heterocycles. The molecule has 0 aliphatic carbocycles. The molecule has 0 aliphatic rings. The number of hydrogen-bond acceptors (Lipinski definition) is 5. The van der Waals surface area contributed by atoms with E-state index in [1.165, 1.54) is 26.5 Å². The molecule has 0 fully saturated rings. The molecule has 0 radical (unpaired) electrons. The number of thioether (sulfide) groups is 2. The maximum Gasteiger partial charge on any atom is 0.234 e. The van der Waals surface area contributed by atoms with Gasteiger partial charge < -0.3 is 9.88 Å². The van der Waals surface area contributed by atoms with Crippen molar-refractivity contribution in [2.75, 3.05) is 11.1 Å². The molecular formula is C23H27IN4OS2. The number of halogens is 1. The van der Waals surface area contributed by atoms with Crippen LogP contribution in [0.2, 0.25) is 0 Å². The second kappa shape index (κ2) is 11.4. The highest BCUT2D eigenvalue weighted by molar-refractivity contribution is 14.1. The first-order valence-corrected chi connectivity index (χ1v) is 13.3. The minimum atomic E-state index is -0.0357. The number of benzene rings is 2. The summed E-state index contributed by atoms with van der Waals surface area (Å²) in [7, 11) is 1.96. The van der Waals surface area contributed by atoms with E-state index in [1.807, 2.05) is 35.5 Å². The number of aryl methyl sites for hydroxylation is 1. The lowest BCUT2D eigenvalue weighted by Crippen LogP contribution is -2.16. The lowest BCUT2D eigenvalue weighted by atomic mass is 10.0. The molecule has 3 aromatic rings. The Morgan fingerprint density at radius 1 is 1.13 bits per heavy atom. The smallest absolute Gasteiger partial charge is 0.234 e. The molecule has 5 nitrogen and oxygen atoms in total. The largest absolute Gasteiger partial charge is 0.325 e. The van der Waals surface area contributed by atoms with Crippen LogP contribution in [0.25, 0.3) is 0 Å². The minimum Gasteiger partial charge on any atom is -0.325 e. The van der Waals surface area contributed by atoms with Crippen molar-refractivity contribution >= 4 is 57.7 Å². The fourth-order valence-electron chi connectivity index (χ4n) is 2.98. The van der Waals surface area contributed by atoms with Gasteiger partial charge in [-0.1, -0.05) is 55.4 Å². The van der Waals surface area contributed by atoms with Crippen LogP contribution in [-0.4, -0.2) is 26.4 Å². The highest BCUT2D eigenvalue weighted by Crippen LogP contribution is 2.27. The molecule has 1 amide bonds. The molecule has 0 aliphatic heterocycles. The summed E-state index contributed by atoms with van der Waals surface area (Å²) in [6.07, 6.45) is 0. The van der Waals surface area contributed by atoms with Gasteiger partial charge in [-0.3, -0.25) is 4.79 Å². The summed E-state index contributed by atoms with van der Waals surface area (Å²) in [5.41, 5.74) is 4.61. The number of aromatic nitrogens is 3. The van der Waals surface area contributed by atoms with Crippen molar-refractivity contribution in [1.82, 2.24) is 14.8 Å². The fraction of sp³-hybridized carbons (Fsp3) is 0.348. The van der Waals surface area contributed by atoms with E-state index in [-0.39, 0.29) is 5.91 Å². The molecule has 2 aromatic carbocycles. The molecule has 0 atom stereocenters. The summed E-state index contributed by atoms with van der Waals surface area (Å²) in [6, 6.07) is 14.7. The zero-order valence-electron chi connectivity index (χ0n) is 18.2. The van der Waals surface area contributed by atoms with E-state index in [0.29, 0.717) is 11.7 Å². The number of rotatable bonds is 9. The van der Waals surface area contributed by atoms with Crippen LogP contribution in [-0.2, 0) is 23.3 Å². The lowest BCUT2D eigenvalue weighted by Gasteiger charge is -2.14. The van der Waals surface area contributed by atoms with E-state index in [1.54, 1.807) is 0 Å². The van der Waals surface area contributed by atoms with Gasteiger partial charge in [0.1, 0.15) is 5.82 Å². The molecule has 0 saturated carbocycles. The van der Waals surface area contributed by atoms with Crippen molar-refractivity contribution in [1.29, 1.82) is 0 Å². The molecule has 1 N–H and O–H groups in total. The van der Waals surface area contributed by atoms with Gasteiger partial charge in [0.15, 0.2) is 5.16 Å². The standard InChI is InChI=1S/C23H27IN4OS2/c1-15(2)19-11-18(24)9-10-20(19)25-22(29)14-31-23-27-26-21(28(23)4)13-30-12-17-7-5-16(3)6-8-17/h5-11,15H,12-14H2,1-4H3,(H,25,29). The maximum atomic E-state index is 12.5. The van der Waals surface area contributed by atoms with Crippen molar-refractivity contribution in [2.24, 2.45) is 7.05 Å². The number of amides is 1. The van der Waals surface area contributed by atoms with E-state index in [4.69, 9.17) is 0 Å². The van der Waals surface area contributed by atoms with Crippen LogP contribution in [0.4, 0.5) is 5.69 Å². The minimum absolute atomic E-state index is 0.0357. The molecule has 1 aromatic heterocycles. The maximum absolute atomic E-state index is 12.5. The van der Waals surface area contributed by atoms with Crippen molar-refractivity contribution in [2.45, 2.75) is 43.4 Å². The lowest BCUT2D eigenvalue weighted by molar-refractivity contribution is -0.113. The molecule has 31 heavy (non-hydrogen) atoms. The van der Waals surface area contributed by atoms with E-state index < -0.39 is 0 Å². The first-order valence-electron chi connectivity index (χ1n) is 10.1. The van der Waals surface area contributed by atoms with Crippen LogP contribution in [0.1, 0.15) is 42.3 Å². The van der Waals surface area contributed by atoms with E-state index >= 15 is 0 Å². The summed E-state index contributed by atoms with van der Waals surface area (Å²) < 4.78 is 3.14. The van der Waals surface area contributed by atoms with Gasteiger partial charge >= 0.3 is 0 Å². The predicted molar refractivity (Wildman–Crippen MR) is 140 cm³/mol. The normalized spacial score (nSPS) is 11.2. The number of hydrogen-bond donors (Lipinski definition) is 1. The van der Waals surface area contributed by atoms with Crippen molar-refractivity contribution in [3.8, 4) is 0 Å². The average Bonchev–Trinajstić information content (AvgIpc) is 3.08. The zero-order chi connectivity index (χ0) is 22.4. The monoisotopic (exact) mass is 566 g/mol. The Bertz CT molecular complexity index is 1030. The van der Waals surface area contributed by atoms with Gasteiger partial charge in [0.05, 0.1) is 11.5 Å². The number of carbonyl (C=O) groups excluding carboxylic acids is 1. The van der Waals surface area contributed by atoms with Crippen LogP contribution in [0.15, 0.2) is 47.6 Å². The molecule has 0 unspecified atom stereocenters. The van der Waals surface area contributed by atoms with Crippen LogP contribution in [0.5, 0.6) is 0 Å². The van der Waals surface area contributed by atoms with Gasteiger partial charge in [0, 0.05) is 22.1 Å². The third-order valence-electron chi connectivity index (χ3n) is 4.79. The number of carbonyl (C=O) groups is 1. The number of anilines is 1. The average molecular weight is 567 g/mol. The molecule has 164 valence electrons. The molecule has 8 heteroatoms. The molecule has 0 bridgehead atoms. The zero-order valence-corrected chi connectivity index (χ0v) is 22.0. The van der Waals surface area contributed by atoms with Crippen LogP contribution < -0.4 is 5.32 Å². The summed E-state index contributed by atoms with van der Waals surface area (Å²) in [5.74, 6) is 3.24. The quantitative estimate of drug-likeness (QED) is 0.254. The summed E-state index contributed by atoms with van der Waals surface area (Å²) in [6.45, 7) is 6.36. The molecule has 0 spiro atoms. The van der Waals surface area contributed by atoms with Gasteiger partial charge in [0.2, 0.25) is 5.91 Å².